The first-order chi connectivity index (χ1) is 10.8. The van der Waals surface area contributed by atoms with Crippen LogP contribution in [0.1, 0.15) is 53.1 Å². The summed E-state index contributed by atoms with van der Waals surface area (Å²) >= 11 is 1.76. The summed E-state index contributed by atoms with van der Waals surface area (Å²) in [7, 11) is 0. The van der Waals surface area contributed by atoms with Crippen molar-refractivity contribution in [3.63, 3.8) is 0 Å². The lowest BCUT2D eigenvalue weighted by atomic mass is 10.2. The van der Waals surface area contributed by atoms with Gasteiger partial charge in [-0.15, -0.1) is 11.3 Å². The van der Waals surface area contributed by atoms with Crippen LogP contribution in [-0.4, -0.2) is 34.9 Å². The van der Waals surface area contributed by atoms with Crippen molar-refractivity contribution in [2.45, 2.75) is 45.6 Å². The summed E-state index contributed by atoms with van der Waals surface area (Å²) in [5.74, 6) is 1.33. The molecule has 1 fully saturated rings. The van der Waals surface area contributed by atoms with Gasteiger partial charge in [-0.1, -0.05) is 18.5 Å². The number of hydrogen-bond acceptors (Lipinski definition) is 7. The predicted molar refractivity (Wildman–Crippen MR) is 84.1 cm³/mol. The highest BCUT2D eigenvalue weighted by molar-refractivity contribution is 7.11. The second-order valence-corrected chi connectivity index (χ2v) is 6.69. The Balaban J connectivity index is 1.65. The standard InChI is InChI=1S/C15H22N4O2S/c1-3-4-5-14-17-10(2)12(22-14)8-13-18-15(19-21-13)11-9-20-7-6-16-11/h11,16H,3-9H2,1-2H3. The zero-order chi connectivity index (χ0) is 15.4. The van der Waals surface area contributed by atoms with Crippen LogP contribution in [0.5, 0.6) is 0 Å². The van der Waals surface area contributed by atoms with Gasteiger partial charge in [-0.2, -0.15) is 4.98 Å². The van der Waals surface area contributed by atoms with Crippen LogP contribution in [0.15, 0.2) is 4.52 Å². The summed E-state index contributed by atoms with van der Waals surface area (Å²) in [5.41, 5.74) is 1.08. The van der Waals surface area contributed by atoms with Crippen LogP contribution >= 0.6 is 11.3 Å². The maximum Gasteiger partial charge on any atom is 0.232 e. The number of ether oxygens (including phenoxy) is 1. The Hall–Kier alpha value is -1.31. The van der Waals surface area contributed by atoms with Gasteiger partial charge in [0.05, 0.1) is 36.4 Å². The molecule has 7 heteroatoms. The first-order valence-corrected chi connectivity index (χ1v) is 8.66. The number of rotatable bonds is 6. The molecule has 0 bridgehead atoms. The Bertz CT molecular complexity index is 604. The molecule has 1 saturated heterocycles. The van der Waals surface area contributed by atoms with Crippen molar-refractivity contribution in [2.75, 3.05) is 19.8 Å². The number of thiazole rings is 1. The molecule has 3 heterocycles. The molecule has 1 N–H and O–H groups in total. The van der Waals surface area contributed by atoms with E-state index in [0.29, 0.717) is 24.7 Å². The van der Waals surface area contributed by atoms with Crippen LogP contribution in [0.3, 0.4) is 0 Å². The number of nitrogens with zero attached hydrogens (tertiary/aromatic N) is 3. The fourth-order valence-corrected chi connectivity index (χ4v) is 3.54. The van der Waals surface area contributed by atoms with Gasteiger partial charge in [0.1, 0.15) is 0 Å². The number of hydrogen-bond donors (Lipinski definition) is 1. The van der Waals surface area contributed by atoms with Crippen LogP contribution < -0.4 is 5.32 Å². The molecule has 6 nitrogen and oxygen atoms in total. The van der Waals surface area contributed by atoms with Crippen molar-refractivity contribution in [3.8, 4) is 0 Å². The Morgan fingerprint density at radius 3 is 3.05 bits per heavy atom. The molecule has 0 aromatic carbocycles. The van der Waals surface area contributed by atoms with Crippen LogP contribution in [0.4, 0.5) is 0 Å². The lowest BCUT2D eigenvalue weighted by molar-refractivity contribution is 0.0734. The summed E-state index contributed by atoms with van der Waals surface area (Å²) in [4.78, 5) is 10.4. The zero-order valence-corrected chi connectivity index (χ0v) is 13.9. The summed E-state index contributed by atoms with van der Waals surface area (Å²) < 4.78 is 10.8. The molecular weight excluding hydrogens is 300 g/mol. The second kappa shape index (κ2) is 7.30. The largest absolute Gasteiger partial charge is 0.378 e. The van der Waals surface area contributed by atoms with Crippen molar-refractivity contribution in [2.24, 2.45) is 0 Å². The molecule has 3 rings (SSSR count). The van der Waals surface area contributed by atoms with E-state index in [1.807, 2.05) is 0 Å². The van der Waals surface area contributed by atoms with Gasteiger partial charge in [-0.25, -0.2) is 4.98 Å². The minimum Gasteiger partial charge on any atom is -0.378 e. The molecule has 1 aliphatic heterocycles. The van der Waals surface area contributed by atoms with Crippen molar-refractivity contribution < 1.29 is 9.26 Å². The Labute approximate surface area is 134 Å². The smallest absolute Gasteiger partial charge is 0.232 e. The van der Waals surface area contributed by atoms with Gasteiger partial charge < -0.3 is 14.6 Å². The van der Waals surface area contributed by atoms with Crippen LogP contribution in [-0.2, 0) is 17.6 Å². The van der Waals surface area contributed by atoms with Crippen molar-refractivity contribution in [1.29, 1.82) is 0 Å². The molecule has 2 aromatic rings. The summed E-state index contributed by atoms with van der Waals surface area (Å²) in [6.45, 7) is 6.41. The second-order valence-electron chi connectivity index (χ2n) is 5.52. The average Bonchev–Trinajstić information content (AvgIpc) is 3.14. The Morgan fingerprint density at radius 1 is 1.36 bits per heavy atom. The van der Waals surface area contributed by atoms with Crippen LogP contribution in [0.25, 0.3) is 0 Å². The van der Waals surface area contributed by atoms with Crippen molar-refractivity contribution in [1.82, 2.24) is 20.4 Å². The summed E-state index contributed by atoms with van der Waals surface area (Å²) in [6.07, 6.45) is 4.10. The monoisotopic (exact) mass is 322 g/mol. The first-order valence-electron chi connectivity index (χ1n) is 7.85. The van der Waals surface area contributed by atoms with Gasteiger partial charge >= 0.3 is 0 Å². The van der Waals surface area contributed by atoms with Crippen molar-refractivity contribution in [3.05, 3.63) is 27.3 Å². The van der Waals surface area contributed by atoms with E-state index in [-0.39, 0.29) is 6.04 Å². The van der Waals surface area contributed by atoms with Crippen LogP contribution in [0.2, 0.25) is 0 Å². The molecule has 1 unspecified atom stereocenters. The van der Waals surface area contributed by atoms with E-state index in [0.717, 1.165) is 25.3 Å². The molecule has 0 radical (unpaired) electrons. The molecular formula is C15H22N4O2S. The Kier molecular flexibility index (Phi) is 5.17. The molecule has 1 atom stereocenters. The Morgan fingerprint density at radius 2 is 2.27 bits per heavy atom. The normalized spacial score (nSPS) is 18.7. The third kappa shape index (κ3) is 3.71. The highest BCUT2D eigenvalue weighted by Crippen LogP contribution is 2.23. The quantitative estimate of drug-likeness (QED) is 0.880. The third-order valence-electron chi connectivity index (χ3n) is 3.71. The van der Waals surface area contributed by atoms with Gasteiger partial charge in [-0.05, 0) is 19.8 Å². The molecule has 1 aliphatic rings. The van der Waals surface area contributed by atoms with Gasteiger partial charge in [0.15, 0.2) is 5.82 Å². The van der Waals surface area contributed by atoms with E-state index in [4.69, 9.17) is 9.26 Å². The summed E-state index contributed by atoms with van der Waals surface area (Å²) in [5, 5.41) is 8.61. The number of unbranched alkanes of at least 4 members (excludes halogenated alkanes) is 1. The molecule has 0 amide bonds. The van der Waals surface area contributed by atoms with Gasteiger partial charge in [0.25, 0.3) is 0 Å². The third-order valence-corrected chi connectivity index (χ3v) is 4.93. The highest BCUT2D eigenvalue weighted by atomic mass is 32.1. The average molecular weight is 322 g/mol. The SMILES string of the molecule is CCCCc1nc(C)c(Cc2nc(C3COCCN3)no2)s1. The molecule has 0 saturated carbocycles. The lowest BCUT2D eigenvalue weighted by Gasteiger charge is -2.20. The van der Waals surface area contributed by atoms with E-state index < -0.39 is 0 Å². The van der Waals surface area contributed by atoms with Gasteiger partial charge in [-0.3, -0.25) is 0 Å². The van der Waals surface area contributed by atoms with E-state index in [1.54, 1.807) is 11.3 Å². The molecule has 22 heavy (non-hydrogen) atoms. The maximum absolute atomic E-state index is 5.43. The highest BCUT2D eigenvalue weighted by Gasteiger charge is 2.21. The van der Waals surface area contributed by atoms with Gasteiger partial charge in [0, 0.05) is 11.4 Å². The van der Waals surface area contributed by atoms with E-state index in [9.17, 15) is 0 Å². The molecule has 120 valence electrons. The topological polar surface area (TPSA) is 73.1 Å². The minimum absolute atomic E-state index is 0.0360. The van der Waals surface area contributed by atoms with Crippen LogP contribution in [0, 0.1) is 6.92 Å². The van der Waals surface area contributed by atoms with Gasteiger partial charge in [0.2, 0.25) is 5.89 Å². The van der Waals surface area contributed by atoms with E-state index >= 15 is 0 Å². The maximum atomic E-state index is 5.43. The number of aromatic nitrogens is 3. The minimum atomic E-state index is 0.0360. The molecule has 0 spiro atoms. The summed E-state index contributed by atoms with van der Waals surface area (Å²) in [6, 6.07) is 0.0360. The lowest BCUT2D eigenvalue weighted by Crippen LogP contribution is -2.35. The zero-order valence-electron chi connectivity index (χ0n) is 13.1. The number of morpholine rings is 1. The fourth-order valence-electron chi connectivity index (χ4n) is 2.44. The fraction of sp³-hybridized carbons (Fsp3) is 0.667. The molecule has 2 aromatic heterocycles. The predicted octanol–water partition coefficient (Wildman–Crippen LogP) is 2.43. The van der Waals surface area contributed by atoms with E-state index in [1.165, 1.54) is 22.7 Å². The number of nitrogens with one attached hydrogen (secondary N) is 1. The number of aryl methyl sites for hydroxylation is 2. The van der Waals surface area contributed by atoms with Crippen molar-refractivity contribution >= 4 is 11.3 Å². The molecule has 0 aliphatic carbocycles. The first kappa shape index (κ1) is 15.6. The van der Waals surface area contributed by atoms with E-state index in [2.05, 4.69) is 34.3 Å².